The summed E-state index contributed by atoms with van der Waals surface area (Å²) in [6.45, 7) is 5.56. The van der Waals surface area contributed by atoms with E-state index >= 15 is 0 Å². The molecule has 0 aliphatic heterocycles. The largest absolute Gasteiger partial charge is 0.468 e. The minimum absolute atomic E-state index is 0.0736. The zero-order valence-corrected chi connectivity index (χ0v) is 15.7. The van der Waals surface area contributed by atoms with Gasteiger partial charge in [-0.25, -0.2) is 0 Å². The van der Waals surface area contributed by atoms with Crippen LogP contribution in [0.1, 0.15) is 32.8 Å². The van der Waals surface area contributed by atoms with Crippen molar-refractivity contribution in [2.24, 2.45) is 5.73 Å². The van der Waals surface area contributed by atoms with Crippen LogP contribution in [0.25, 0.3) is 10.9 Å². The maximum atomic E-state index is 12.0. The number of anilines is 1. The van der Waals surface area contributed by atoms with E-state index in [0.29, 0.717) is 6.42 Å². The van der Waals surface area contributed by atoms with Gasteiger partial charge in [0.1, 0.15) is 12.1 Å². The normalized spacial score (nSPS) is 12.7. The molecule has 7 nitrogen and oxygen atoms in total. The van der Waals surface area contributed by atoms with Crippen LogP contribution in [0.2, 0.25) is 0 Å². The number of ether oxygens (including phenoxy) is 2. The van der Waals surface area contributed by atoms with E-state index in [1.165, 1.54) is 7.11 Å². The number of hydrogen-bond donors (Lipinski definition) is 3. The average molecular weight is 361 g/mol. The molecule has 2 rings (SSSR count). The number of esters is 2. The van der Waals surface area contributed by atoms with Gasteiger partial charge in [-0.15, -0.1) is 0 Å². The van der Waals surface area contributed by atoms with Gasteiger partial charge in [-0.1, -0.05) is 6.07 Å². The predicted octanol–water partition coefficient (Wildman–Crippen LogP) is 2.35. The van der Waals surface area contributed by atoms with Crippen LogP contribution in [0.5, 0.6) is 0 Å². The van der Waals surface area contributed by atoms with Crippen molar-refractivity contribution in [3.63, 3.8) is 0 Å². The summed E-state index contributed by atoms with van der Waals surface area (Å²) in [7, 11) is 1.35. The monoisotopic (exact) mass is 361 g/mol. The van der Waals surface area contributed by atoms with E-state index in [-0.39, 0.29) is 30.9 Å². The number of rotatable bonds is 7. The molecule has 0 radical (unpaired) electrons. The molecule has 0 fully saturated rings. The van der Waals surface area contributed by atoms with Gasteiger partial charge in [0.2, 0.25) is 0 Å². The third-order valence-electron chi connectivity index (χ3n) is 3.77. The zero-order chi connectivity index (χ0) is 19.3. The van der Waals surface area contributed by atoms with Gasteiger partial charge in [-0.3, -0.25) is 9.59 Å². The number of hydrogen-bond acceptors (Lipinski definition) is 6. The van der Waals surface area contributed by atoms with Gasteiger partial charge in [0.15, 0.2) is 0 Å². The number of carbonyl (C=O) groups is 2. The lowest BCUT2D eigenvalue weighted by molar-refractivity contribution is -0.155. The molecule has 0 aliphatic carbocycles. The molecule has 1 aromatic carbocycles. The molecule has 1 heterocycles. The lowest BCUT2D eigenvalue weighted by Gasteiger charge is -2.21. The number of nitrogens with one attached hydrogen (secondary N) is 2. The first kappa shape index (κ1) is 19.8. The van der Waals surface area contributed by atoms with Crippen molar-refractivity contribution >= 4 is 28.5 Å². The zero-order valence-electron chi connectivity index (χ0n) is 15.7. The first-order valence-electron chi connectivity index (χ1n) is 8.56. The van der Waals surface area contributed by atoms with E-state index in [2.05, 4.69) is 15.0 Å². The summed E-state index contributed by atoms with van der Waals surface area (Å²) in [6, 6.07) is 5.37. The van der Waals surface area contributed by atoms with Crippen LogP contribution in [0.4, 0.5) is 5.69 Å². The highest BCUT2D eigenvalue weighted by atomic mass is 16.6. The number of nitrogens with two attached hydrogens (primary N) is 1. The van der Waals surface area contributed by atoms with Gasteiger partial charge < -0.3 is 25.5 Å². The van der Waals surface area contributed by atoms with E-state index in [9.17, 15) is 9.59 Å². The Morgan fingerprint density at radius 1 is 1.27 bits per heavy atom. The van der Waals surface area contributed by atoms with Gasteiger partial charge in [-0.2, -0.15) is 0 Å². The summed E-state index contributed by atoms with van der Waals surface area (Å²) in [4.78, 5) is 26.6. The number of fused-ring (bicyclic) bond motifs is 1. The Morgan fingerprint density at radius 2 is 2.00 bits per heavy atom. The van der Waals surface area contributed by atoms with Crippen molar-refractivity contribution < 1.29 is 19.1 Å². The van der Waals surface area contributed by atoms with E-state index < -0.39 is 5.60 Å². The number of aromatic nitrogens is 1. The van der Waals surface area contributed by atoms with E-state index in [0.717, 1.165) is 22.2 Å². The van der Waals surface area contributed by atoms with Crippen LogP contribution in [0.15, 0.2) is 24.4 Å². The van der Waals surface area contributed by atoms with Crippen LogP contribution in [0, 0.1) is 0 Å². The molecule has 26 heavy (non-hydrogen) atoms. The van der Waals surface area contributed by atoms with Gasteiger partial charge in [0.05, 0.1) is 13.5 Å². The highest BCUT2D eigenvalue weighted by Crippen LogP contribution is 2.28. The van der Waals surface area contributed by atoms with Crippen molar-refractivity contribution in [1.82, 2.24) is 4.98 Å². The van der Waals surface area contributed by atoms with E-state index in [4.69, 9.17) is 10.5 Å². The molecular formula is C19H27N3O4. The molecule has 0 amide bonds. The fourth-order valence-electron chi connectivity index (χ4n) is 2.76. The van der Waals surface area contributed by atoms with E-state index in [1.54, 1.807) is 0 Å². The maximum absolute atomic E-state index is 12.0. The van der Waals surface area contributed by atoms with Gasteiger partial charge in [0.25, 0.3) is 0 Å². The fourth-order valence-corrected chi connectivity index (χ4v) is 2.76. The quantitative estimate of drug-likeness (QED) is 0.654. The number of methoxy groups -OCH3 is 1. The molecule has 0 aliphatic rings. The topological polar surface area (TPSA) is 106 Å². The molecule has 2 aromatic rings. The Kier molecular flexibility index (Phi) is 6.26. The Balaban J connectivity index is 2.11. The second kappa shape index (κ2) is 8.23. The maximum Gasteiger partial charge on any atom is 0.325 e. The second-order valence-electron chi connectivity index (χ2n) is 7.23. The summed E-state index contributed by atoms with van der Waals surface area (Å²) in [5.74, 6) is -0.658. The minimum atomic E-state index is -0.525. The molecular weight excluding hydrogens is 334 g/mol. The van der Waals surface area contributed by atoms with Crippen molar-refractivity contribution in [1.29, 1.82) is 0 Å². The highest BCUT2D eigenvalue weighted by molar-refractivity contribution is 5.96. The third-order valence-corrected chi connectivity index (χ3v) is 3.77. The molecule has 0 bridgehead atoms. The average Bonchev–Trinajstić information content (AvgIpc) is 2.94. The number of benzene rings is 1. The molecule has 0 saturated heterocycles. The van der Waals surface area contributed by atoms with Crippen molar-refractivity contribution in [3.8, 4) is 0 Å². The van der Waals surface area contributed by atoms with Crippen LogP contribution in [-0.4, -0.2) is 42.2 Å². The summed E-state index contributed by atoms with van der Waals surface area (Å²) in [5, 5.41) is 4.04. The number of aromatic amines is 1. The second-order valence-corrected chi connectivity index (χ2v) is 7.23. The minimum Gasteiger partial charge on any atom is -0.468 e. The summed E-state index contributed by atoms with van der Waals surface area (Å²) >= 11 is 0. The van der Waals surface area contributed by atoms with E-state index in [1.807, 2.05) is 45.2 Å². The lowest BCUT2D eigenvalue weighted by atomic mass is 10.0. The van der Waals surface area contributed by atoms with Crippen LogP contribution in [-0.2, 0) is 25.5 Å². The Morgan fingerprint density at radius 3 is 2.65 bits per heavy atom. The first-order chi connectivity index (χ1) is 12.2. The summed E-state index contributed by atoms with van der Waals surface area (Å²) < 4.78 is 9.99. The molecule has 1 atom stereocenters. The summed E-state index contributed by atoms with van der Waals surface area (Å²) in [6.07, 6.45) is 2.53. The Labute approximate surface area is 153 Å². The molecule has 1 unspecified atom stereocenters. The van der Waals surface area contributed by atoms with Crippen molar-refractivity contribution in [3.05, 3.63) is 30.0 Å². The summed E-state index contributed by atoms with van der Waals surface area (Å²) in [5.41, 5.74) is 8.35. The van der Waals surface area contributed by atoms with Crippen molar-refractivity contribution in [2.45, 2.75) is 45.3 Å². The SMILES string of the molecule is COC(=O)CNc1cccc2[nH]cc(CC(N)CC(=O)OC(C)(C)C)c12. The molecule has 7 heteroatoms. The Hall–Kier alpha value is -2.54. The smallest absolute Gasteiger partial charge is 0.325 e. The van der Waals surface area contributed by atoms with Gasteiger partial charge in [-0.05, 0) is 44.9 Å². The fraction of sp³-hybridized carbons (Fsp3) is 0.474. The van der Waals surface area contributed by atoms with Gasteiger partial charge in [0, 0.05) is 28.8 Å². The number of carbonyl (C=O) groups excluding carboxylic acids is 2. The van der Waals surface area contributed by atoms with Crippen LogP contribution in [0.3, 0.4) is 0 Å². The predicted molar refractivity (Wildman–Crippen MR) is 101 cm³/mol. The third kappa shape index (κ3) is 5.49. The van der Waals surface area contributed by atoms with Crippen LogP contribution >= 0.6 is 0 Å². The Bertz CT molecular complexity index is 777. The molecule has 0 saturated carbocycles. The van der Waals surface area contributed by atoms with Crippen molar-refractivity contribution in [2.75, 3.05) is 19.0 Å². The van der Waals surface area contributed by atoms with Crippen LogP contribution < -0.4 is 11.1 Å². The highest BCUT2D eigenvalue weighted by Gasteiger charge is 2.20. The number of H-pyrrole nitrogens is 1. The molecule has 4 N–H and O–H groups in total. The lowest BCUT2D eigenvalue weighted by Crippen LogP contribution is -2.31. The van der Waals surface area contributed by atoms with Gasteiger partial charge >= 0.3 is 11.9 Å². The standard InChI is InChI=1S/C19H27N3O4/c1-19(2,3)26-16(23)9-13(20)8-12-10-21-14-6-5-7-15(18(12)14)22-11-17(24)25-4/h5-7,10,13,21-22H,8-9,11,20H2,1-4H3. The molecule has 142 valence electrons. The molecule has 0 spiro atoms. The molecule has 1 aromatic heterocycles. The first-order valence-corrected chi connectivity index (χ1v) is 8.56.